The number of hydrogen-bond donors (Lipinski definition) is 0. The predicted octanol–water partition coefficient (Wildman–Crippen LogP) is 7.37. The topological polar surface area (TPSA) is 0 Å². The van der Waals surface area contributed by atoms with Crippen LogP contribution in [0.15, 0.2) is 0 Å². The Bertz CT molecular complexity index is 161. The second kappa shape index (κ2) is 14.4. The van der Waals surface area contributed by atoms with Crippen LogP contribution in [0.3, 0.4) is 0 Å². The van der Waals surface area contributed by atoms with E-state index in [1.807, 2.05) is 0 Å². The molecule has 0 aromatic heterocycles. The van der Waals surface area contributed by atoms with Crippen molar-refractivity contribution in [1.29, 1.82) is 0 Å². The molecule has 19 heavy (non-hydrogen) atoms. The van der Waals surface area contributed by atoms with Gasteiger partial charge in [-0.25, -0.2) is 0 Å². The summed E-state index contributed by atoms with van der Waals surface area (Å²) in [6.45, 7) is 9.46. The zero-order chi connectivity index (χ0) is 14.3. The molecule has 0 bridgehead atoms. The molecule has 0 saturated carbocycles. The van der Waals surface area contributed by atoms with Crippen LogP contribution < -0.4 is 0 Å². The van der Waals surface area contributed by atoms with Crippen LogP contribution in [0.25, 0.3) is 0 Å². The molecule has 0 aliphatic heterocycles. The number of hydrogen-bond acceptors (Lipinski definition) is 0. The minimum atomic E-state index is 0.956. The third-order valence-corrected chi connectivity index (χ3v) is 4.58. The lowest BCUT2D eigenvalue weighted by molar-refractivity contribution is 0.332. The fourth-order valence-electron chi connectivity index (χ4n) is 3.12. The van der Waals surface area contributed by atoms with E-state index in [1.165, 1.54) is 83.5 Å². The molecule has 0 spiro atoms. The van der Waals surface area contributed by atoms with Gasteiger partial charge in [0.05, 0.1) is 0 Å². The van der Waals surface area contributed by atoms with Crippen molar-refractivity contribution >= 4 is 0 Å². The maximum atomic E-state index is 2.48. The smallest absolute Gasteiger partial charge is 0.0414 e. The highest BCUT2D eigenvalue weighted by Crippen LogP contribution is 2.24. The third-order valence-electron chi connectivity index (χ3n) is 4.58. The molecule has 2 unspecified atom stereocenters. The maximum Gasteiger partial charge on any atom is -0.0414 e. The molecule has 0 aliphatic carbocycles. The molecule has 2 atom stereocenters. The molecule has 116 valence electrons. The van der Waals surface area contributed by atoms with Crippen molar-refractivity contribution < 1.29 is 0 Å². The fraction of sp³-hybridized carbons (Fsp3) is 1.00. The maximum absolute atomic E-state index is 2.48. The molecule has 0 amide bonds. The van der Waals surface area contributed by atoms with Crippen molar-refractivity contribution in [2.75, 3.05) is 0 Å². The lowest BCUT2D eigenvalue weighted by Crippen LogP contribution is -2.06. The molecule has 0 saturated heterocycles. The first-order chi connectivity index (χ1) is 9.24. The van der Waals surface area contributed by atoms with Crippen LogP contribution in [-0.4, -0.2) is 0 Å². The van der Waals surface area contributed by atoms with Gasteiger partial charge in [0.2, 0.25) is 0 Å². The molecular formula is C19H40. The van der Waals surface area contributed by atoms with Crippen molar-refractivity contribution in [2.45, 2.75) is 111 Å². The summed E-state index contributed by atoms with van der Waals surface area (Å²) in [5.74, 6) is 1.96. The average molecular weight is 269 g/mol. The van der Waals surface area contributed by atoms with Crippen LogP contribution >= 0.6 is 0 Å². The van der Waals surface area contributed by atoms with Crippen molar-refractivity contribution in [2.24, 2.45) is 11.8 Å². The molecule has 0 radical (unpaired) electrons. The van der Waals surface area contributed by atoms with E-state index in [-0.39, 0.29) is 0 Å². The van der Waals surface area contributed by atoms with Gasteiger partial charge in [-0.2, -0.15) is 0 Å². The molecule has 0 fully saturated rings. The largest absolute Gasteiger partial charge is 0.0654 e. The SMILES string of the molecule is CCCCCCCCCC(C)CC(CC)CCCC. The van der Waals surface area contributed by atoms with E-state index in [9.17, 15) is 0 Å². The van der Waals surface area contributed by atoms with Crippen LogP contribution in [-0.2, 0) is 0 Å². The van der Waals surface area contributed by atoms with Crippen LogP contribution in [0.4, 0.5) is 0 Å². The van der Waals surface area contributed by atoms with Gasteiger partial charge in [0, 0.05) is 0 Å². The number of unbranched alkanes of at least 4 members (excludes halogenated alkanes) is 7. The Balaban J connectivity index is 3.43. The van der Waals surface area contributed by atoms with Gasteiger partial charge in [-0.15, -0.1) is 0 Å². The van der Waals surface area contributed by atoms with E-state index in [0.29, 0.717) is 0 Å². The van der Waals surface area contributed by atoms with E-state index < -0.39 is 0 Å². The summed E-state index contributed by atoms with van der Waals surface area (Å²) in [6.07, 6.45) is 18.7. The lowest BCUT2D eigenvalue weighted by atomic mass is 9.87. The normalized spacial score (nSPS) is 14.5. The van der Waals surface area contributed by atoms with Gasteiger partial charge in [0.1, 0.15) is 0 Å². The van der Waals surface area contributed by atoms with E-state index >= 15 is 0 Å². The van der Waals surface area contributed by atoms with Gasteiger partial charge in [-0.05, 0) is 18.3 Å². The summed E-state index contributed by atoms with van der Waals surface area (Å²) in [5, 5.41) is 0. The van der Waals surface area contributed by atoms with E-state index in [4.69, 9.17) is 0 Å². The van der Waals surface area contributed by atoms with Gasteiger partial charge < -0.3 is 0 Å². The van der Waals surface area contributed by atoms with Gasteiger partial charge in [0.15, 0.2) is 0 Å². The van der Waals surface area contributed by atoms with E-state index in [0.717, 1.165) is 11.8 Å². The quantitative estimate of drug-likeness (QED) is 0.288. The van der Waals surface area contributed by atoms with Crippen LogP contribution in [0.2, 0.25) is 0 Å². The first kappa shape index (κ1) is 19.0. The minimum absolute atomic E-state index is 0.956. The zero-order valence-corrected chi connectivity index (χ0v) is 14.3. The predicted molar refractivity (Wildman–Crippen MR) is 89.7 cm³/mol. The molecule has 0 heterocycles. The minimum Gasteiger partial charge on any atom is -0.0654 e. The summed E-state index contributed by atoms with van der Waals surface area (Å²) in [5.41, 5.74) is 0. The standard InChI is InChI=1S/C19H40/c1-5-8-10-11-12-13-14-15-18(4)17-19(7-3)16-9-6-2/h18-19H,5-17H2,1-4H3. The molecule has 0 nitrogen and oxygen atoms in total. The lowest BCUT2D eigenvalue weighted by Gasteiger charge is -2.19. The summed E-state index contributed by atoms with van der Waals surface area (Å²) in [4.78, 5) is 0. The summed E-state index contributed by atoms with van der Waals surface area (Å²) < 4.78 is 0. The number of rotatable bonds is 14. The second-order valence-electron chi connectivity index (χ2n) is 6.67. The van der Waals surface area contributed by atoms with Crippen LogP contribution in [0.5, 0.6) is 0 Å². The Labute approximate surface area is 123 Å². The zero-order valence-electron chi connectivity index (χ0n) is 14.3. The summed E-state index contributed by atoms with van der Waals surface area (Å²) >= 11 is 0. The van der Waals surface area contributed by atoms with Crippen molar-refractivity contribution in [3.63, 3.8) is 0 Å². The highest BCUT2D eigenvalue weighted by atomic mass is 14.2. The van der Waals surface area contributed by atoms with Crippen molar-refractivity contribution in [3.8, 4) is 0 Å². The van der Waals surface area contributed by atoms with E-state index in [2.05, 4.69) is 27.7 Å². The Morgan fingerprint density at radius 3 is 1.79 bits per heavy atom. The Morgan fingerprint density at radius 2 is 1.21 bits per heavy atom. The van der Waals surface area contributed by atoms with Crippen LogP contribution in [0.1, 0.15) is 111 Å². The highest BCUT2D eigenvalue weighted by molar-refractivity contribution is 4.63. The molecule has 0 aromatic rings. The first-order valence-corrected chi connectivity index (χ1v) is 9.24. The summed E-state index contributed by atoms with van der Waals surface area (Å²) in [6, 6.07) is 0. The third kappa shape index (κ3) is 12.8. The summed E-state index contributed by atoms with van der Waals surface area (Å²) in [7, 11) is 0. The fourth-order valence-corrected chi connectivity index (χ4v) is 3.12. The Morgan fingerprint density at radius 1 is 0.632 bits per heavy atom. The average Bonchev–Trinajstić information content (AvgIpc) is 2.42. The van der Waals surface area contributed by atoms with Gasteiger partial charge in [-0.3, -0.25) is 0 Å². The highest BCUT2D eigenvalue weighted by Gasteiger charge is 2.10. The van der Waals surface area contributed by atoms with E-state index in [1.54, 1.807) is 0 Å². The molecular weight excluding hydrogens is 228 g/mol. The molecule has 0 heteroatoms. The molecule has 0 rings (SSSR count). The molecule has 0 aromatic carbocycles. The van der Waals surface area contributed by atoms with Crippen molar-refractivity contribution in [1.82, 2.24) is 0 Å². The van der Waals surface area contributed by atoms with Gasteiger partial charge in [-0.1, -0.05) is 105 Å². The second-order valence-corrected chi connectivity index (χ2v) is 6.67. The monoisotopic (exact) mass is 268 g/mol. The van der Waals surface area contributed by atoms with Crippen LogP contribution in [0, 0.1) is 11.8 Å². The van der Waals surface area contributed by atoms with Crippen molar-refractivity contribution in [3.05, 3.63) is 0 Å². The van der Waals surface area contributed by atoms with Gasteiger partial charge >= 0.3 is 0 Å². The molecule has 0 aliphatic rings. The Hall–Kier alpha value is 0. The Kier molecular flexibility index (Phi) is 14.4. The van der Waals surface area contributed by atoms with Gasteiger partial charge in [0.25, 0.3) is 0 Å². The first-order valence-electron chi connectivity index (χ1n) is 9.24. The molecule has 0 N–H and O–H groups in total.